The second-order valence-corrected chi connectivity index (χ2v) is 9.93. The van der Waals surface area contributed by atoms with Crippen molar-refractivity contribution >= 4 is 66.3 Å². The monoisotopic (exact) mass is 412 g/mol. The van der Waals surface area contributed by atoms with Gasteiger partial charge in [0.05, 0.1) is 20.9 Å². The van der Waals surface area contributed by atoms with Gasteiger partial charge in [0.1, 0.15) is 0 Å². The molecule has 0 atom stereocenters. The lowest BCUT2D eigenvalue weighted by Gasteiger charge is -2.05. The third-order valence-corrected chi connectivity index (χ3v) is 6.77. The Balaban J connectivity index is 1.60. The average molecular weight is 413 g/mol. The van der Waals surface area contributed by atoms with Gasteiger partial charge < -0.3 is 5.32 Å². The van der Waals surface area contributed by atoms with Gasteiger partial charge >= 0.3 is 0 Å². The zero-order valence-electron chi connectivity index (χ0n) is 13.0. The van der Waals surface area contributed by atoms with Crippen LogP contribution in [-0.2, 0) is 14.6 Å². The first-order chi connectivity index (χ1) is 11.8. The van der Waals surface area contributed by atoms with Crippen LogP contribution in [-0.4, -0.2) is 31.3 Å². The van der Waals surface area contributed by atoms with Crippen molar-refractivity contribution < 1.29 is 13.2 Å². The molecule has 3 aromatic rings. The Kier molecular flexibility index (Phi) is 5.33. The number of hydrogen-bond donors (Lipinski definition) is 1. The quantitative estimate of drug-likeness (QED) is 0.639. The molecular formula is C16H13ClN2O3S3. The molecule has 0 radical (unpaired) electrons. The number of hydrogen-bond acceptors (Lipinski definition) is 6. The van der Waals surface area contributed by atoms with Gasteiger partial charge in [-0.3, -0.25) is 4.79 Å². The molecule has 0 unspecified atom stereocenters. The normalized spacial score (nSPS) is 11.6. The lowest BCUT2D eigenvalue weighted by atomic mass is 10.3. The summed E-state index contributed by atoms with van der Waals surface area (Å²) in [6.07, 6.45) is 1.14. The molecule has 2 aromatic carbocycles. The molecule has 25 heavy (non-hydrogen) atoms. The Hall–Kier alpha value is -1.61. The number of nitrogens with one attached hydrogen (secondary N) is 1. The number of nitrogens with zero attached hydrogens (tertiary/aromatic N) is 1. The molecule has 0 fully saturated rings. The van der Waals surface area contributed by atoms with Crippen molar-refractivity contribution in [2.75, 3.05) is 17.3 Å². The van der Waals surface area contributed by atoms with Crippen LogP contribution in [0.2, 0.25) is 5.02 Å². The molecule has 5 nitrogen and oxygen atoms in total. The van der Waals surface area contributed by atoms with Gasteiger partial charge in [0, 0.05) is 17.0 Å². The van der Waals surface area contributed by atoms with E-state index in [1.807, 2.05) is 12.1 Å². The van der Waals surface area contributed by atoms with E-state index in [-0.39, 0.29) is 16.6 Å². The number of carbonyl (C=O) groups is 1. The summed E-state index contributed by atoms with van der Waals surface area (Å²) in [5, 5.41) is 3.36. The van der Waals surface area contributed by atoms with E-state index < -0.39 is 9.84 Å². The predicted molar refractivity (Wildman–Crippen MR) is 104 cm³/mol. The Morgan fingerprint density at radius 2 is 1.96 bits per heavy atom. The second kappa shape index (κ2) is 7.33. The van der Waals surface area contributed by atoms with Crippen LogP contribution >= 0.6 is 34.7 Å². The zero-order valence-corrected chi connectivity index (χ0v) is 16.2. The fourth-order valence-corrected chi connectivity index (χ4v) is 4.70. The molecule has 0 bridgehead atoms. The first-order valence-corrected chi connectivity index (χ1v) is 11.2. The Bertz CT molecular complexity index is 1030. The Morgan fingerprint density at radius 3 is 2.64 bits per heavy atom. The molecule has 9 heteroatoms. The number of rotatable bonds is 5. The zero-order chi connectivity index (χ0) is 18.0. The number of benzene rings is 2. The average Bonchev–Trinajstić information content (AvgIpc) is 2.94. The summed E-state index contributed by atoms with van der Waals surface area (Å²) >= 11 is 8.79. The molecule has 0 saturated heterocycles. The van der Waals surface area contributed by atoms with Gasteiger partial charge in [-0.2, -0.15) is 0 Å². The standard InChI is InChI=1S/C16H13ClN2O3S3/c1-25(21,22)12-5-3-11(4-6-12)18-15(20)9-23-16-19-13-8-10(17)2-7-14(13)24-16/h2-8H,9H2,1H3,(H,18,20). The van der Waals surface area contributed by atoms with E-state index in [0.29, 0.717) is 10.7 Å². The highest BCUT2D eigenvalue weighted by Crippen LogP contribution is 2.31. The highest BCUT2D eigenvalue weighted by Gasteiger charge is 2.10. The first kappa shape index (κ1) is 18.2. The van der Waals surface area contributed by atoms with Crippen LogP contribution in [0.25, 0.3) is 10.2 Å². The van der Waals surface area contributed by atoms with E-state index in [1.165, 1.54) is 35.2 Å². The van der Waals surface area contributed by atoms with Crippen LogP contribution in [0.3, 0.4) is 0 Å². The van der Waals surface area contributed by atoms with E-state index in [4.69, 9.17) is 11.6 Å². The molecule has 0 aliphatic carbocycles. The Labute approximate surface area is 158 Å². The maximum absolute atomic E-state index is 12.0. The first-order valence-electron chi connectivity index (χ1n) is 7.10. The summed E-state index contributed by atoms with van der Waals surface area (Å²) in [7, 11) is -3.24. The minimum Gasteiger partial charge on any atom is -0.325 e. The molecule has 0 aliphatic rings. The van der Waals surface area contributed by atoms with Gasteiger partial charge in [-0.25, -0.2) is 13.4 Å². The van der Waals surface area contributed by atoms with Crippen molar-refractivity contribution in [2.45, 2.75) is 9.24 Å². The fraction of sp³-hybridized carbons (Fsp3) is 0.125. The van der Waals surface area contributed by atoms with Crippen molar-refractivity contribution in [2.24, 2.45) is 0 Å². The molecule has 1 heterocycles. The van der Waals surface area contributed by atoms with Crippen LogP contribution in [0.4, 0.5) is 5.69 Å². The Morgan fingerprint density at radius 1 is 1.24 bits per heavy atom. The summed E-state index contributed by atoms with van der Waals surface area (Å²) in [4.78, 5) is 16.7. The fourth-order valence-electron chi connectivity index (χ4n) is 2.05. The van der Waals surface area contributed by atoms with Crippen molar-refractivity contribution in [1.82, 2.24) is 4.98 Å². The van der Waals surface area contributed by atoms with E-state index in [1.54, 1.807) is 18.2 Å². The van der Waals surface area contributed by atoms with Crippen molar-refractivity contribution in [3.8, 4) is 0 Å². The largest absolute Gasteiger partial charge is 0.325 e. The molecular weight excluding hydrogens is 400 g/mol. The predicted octanol–water partition coefficient (Wildman–Crippen LogP) is 4.08. The SMILES string of the molecule is CS(=O)(=O)c1ccc(NC(=O)CSc2nc3cc(Cl)ccc3s2)cc1. The summed E-state index contributed by atoms with van der Waals surface area (Å²) in [5.74, 6) is 0.0240. The van der Waals surface area contributed by atoms with Gasteiger partial charge in [-0.1, -0.05) is 23.4 Å². The molecule has 1 amide bonds. The van der Waals surface area contributed by atoms with Crippen LogP contribution in [0, 0.1) is 0 Å². The molecule has 1 N–H and O–H groups in total. The number of amides is 1. The van der Waals surface area contributed by atoms with Gasteiger partial charge in [0.25, 0.3) is 0 Å². The van der Waals surface area contributed by atoms with Gasteiger partial charge in [-0.05, 0) is 42.5 Å². The van der Waals surface area contributed by atoms with Crippen LogP contribution in [0.1, 0.15) is 0 Å². The number of halogens is 1. The molecule has 0 spiro atoms. The minimum absolute atomic E-state index is 0.186. The number of fused-ring (bicyclic) bond motifs is 1. The maximum Gasteiger partial charge on any atom is 0.234 e. The highest BCUT2D eigenvalue weighted by molar-refractivity contribution is 8.01. The topological polar surface area (TPSA) is 76.1 Å². The number of anilines is 1. The minimum atomic E-state index is -3.24. The van der Waals surface area contributed by atoms with Gasteiger partial charge in [0.15, 0.2) is 14.2 Å². The molecule has 3 rings (SSSR count). The molecule has 0 aliphatic heterocycles. The maximum atomic E-state index is 12.0. The second-order valence-electron chi connectivity index (χ2n) is 5.23. The van der Waals surface area contributed by atoms with Crippen molar-refractivity contribution in [3.05, 3.63) is 47.5 Å². The number of aromatic nitrogens is 1. The molecule has 0 saturated carbocycles. The highest BCUT2D eigenvalue weighted by atomic mass is 35.5. The van der Waals surface area contributed by atoms with Gasteiger partial charge in [-0.15, -0.1) is 11.3 Å². The third-order valence-electron chi connectivity index (χ3n) is 3.22. The lowest BCUT2D eigenvalue weighted by molar-refractivity contribution is -0.113. The van der Waals surface area contributed by atoms with Crippen molar-refractivity contribution in [1.29, 1.82) is 0 Å². The van der Waals surface area contributed by atoms with E-state index >= 15 is 0 Å². The molecule has 130 valence electrons. The van der Waals surface area contributed by atoms with Crippen LogP contribution < -0.4 is 5.32 Å². The van der Waals surface area contributed by atoms with E-state index in [0.717, 1.165) is 20.8 Å². The van der Waals surface area contributed by atoms with Crippen LogP contribution in [0.5, 0.6) is 0 Å². The van der Waals surface area contributed by atoms with E-state index in [9.17, 15) is 13.2 Å². The van der Waals surface area contributed by atoms with Gasteiger partial charge in [0.2, 0.25) is 5.91 Å². The van der Waals surface area contributed by atoms with E-state index in [2.05, 4.69) is 10.3 Å². The lowest BCUT2D eigenvalue weighted by Crippen LogP contribution is -2.14. The summed E-state index contributed by atoms with van der Waals surface area (Å²) < 4.78 is 24.6. The number of thiazole rings is 1. The summed E-state index contributed by atoms with van der Waals surface area (Å²) in [5.41, 5.74) is 1.37. The smallest absolute Gasteiger partial charge is 0.234 e. The molecule has 1 aromatic heterocycles. The number of thioether (sulfide) groups is 1. The number of carbonyl (C=O) groups excluding carboxylic acids is 1. The van der Waals surface area contributed by atoms with Crippen LogP contribution in [0.15, 0.2) is 51.7 Å². The number of sulfone groups is 1. The van der Waals surface area contributed by atoms with Crippen molar-refractivity contribution in [3.63, 3.8) is 0 Å². The summed E-state index contributed by atoms with van der Waals surface area (Å²) in [6.45, 7) is 0. The summed E-state index contributed by atoms with van der Waals surface area (Å²) in [6, 6.07) is 11.6. The third kappa shape index (κ3) is 4.72.